The van der Waals surface area contributed by atoms with Crippen LogP contribution in [0.1, 0.15) is 37.8 Å². The molecular weight excluding hydrogens is 306 g/mol. The Balaban J connectivity index is 1.63. The molecule has 0 aliphatic carbocycles. The Kier molecular flexibility index (Phi) is 7.03. The van der Waals surface area contributed by atoms with E-state index in [0.717, 1.165) is 50.3 Å². The number of aromatic nitrogens is 1. The van der Waals surface area contributed by atoms with E-state index >= 15 is 0 Å². The number of esters is 1. The summed E-state index contributed by atoms with van der Waals surface area (Å²) in [4.78, 5) is 29.5. The van der Waals surface area contributed by atoms with E-state index < -0.39 is 0 Å². The number of piperidine rings is 1. The molecule has 2 rings (SSSR count). The maximum absolute atomic E-state index is 11.6. The van der Waals surface area contributed by atoms with Crippen LogP contribution in [0.5, 0.6) is 0 Å². The monoisotopic (exact) mass is 333 g/mol. The molecule has 1 aromatic heterocycles. The smallest absolute Gasteiger partial charge is 0.306 e. The number of hydrogen-bond donors (Lipinski definition) is 1. The first-order chi connectivity index (χ1) is 11.6. The number of hydrogen-bond acceptors (Lipinski definition) is 5. The van der Waals surface area contributed by atoms with Gasteiger partial charge in [0.05, 0.1) is 0 Å². The van der Waals surface area contributed by atoms with Gasteiger partial charge in [0.25, 0.3) is 5.91 Å². The van der Waals surface area contributed by atoms with Gasteiger partial charge in [-0.2, -0.15) is 0 Å². The quantitative estimate of drug-likeness (QED) is 0.774. The van der Waals surface area contributed by atoms with Crippen molar-refractivity contribution in [1.29, 1.82) is 0 Å². The summed E-state index contributed by atoms with van der Waals surface area (Å²) in [5.41, 5.74) is 1.05. The normalized spacial score (nSPS) is 15.2. The third kappa shape index (κ3) is 5.83. The number of nitrogens with one attached hydrogen (secondary N) is 1. The Morgan fingerprint density at radius 3 is 2.75 bits per heavy atom. The molecule has 6 nitrogen and oxygen atoms in total. The van der Waals surface area contributed by atoms with Crippen LogP contribution < -0.4 is 10.2 Å². The summed E-state index contributed by atoms with van der Waals surface area (Å²) < 4.78 is 4.90. The summed E-state index contributed by atoms with van der Waals surface area (Å²) in [6, 6.07) is 6.13. The van der Waals surface area contributed by atoms with Crippen LogP contribution in [-0.4, -0.2) is 43.6 Å². The average molecular weight is 333 g/mol. The SMILES string of the molecule is CNC(=O)COC(=O)CCCC1CCN(c2cccc(C)n2)CC1. The highest BCUT2D eigenvalue weighted by atomic mass is 16.5. The zero-order valence-corrected chi connectivity index (χ0v) is 14.6. The third-order valence-corrected chi connectivity index (χ3v) is 4.45. The van der Waals surface area contributed by atoms with E-state index in [1.165, 1.54) is 7.05 Å². The number of amides is 1. The van der Waals surface area contributed by atoms with Crippen LogP contribution in [0.15, 0.2) is 18.2 Å². The molecule has 0 atom stereocenters. The third-order valence-electron chi connectivity index (χ3n) is 4.45. The molecule has 0 radical (unpaired) electrons. The molecule has 1 saturated heterocycles. The van der Waals surface area contributed by atoms with Gasteiger partial charge in [-0.05, 0) is 50.7 Å². The molecule has 2 heterocycles. The minimum Gasteiger partial charge on any atom is -0.456 e. The van der Waals surface area contributed by atoms with Gasteiger partial charge in [0, 0.05) is 32.3 Å². The molecule has 0 bridgehead atoms. The zero-order chi connectivity index (χ0) is 17.4. The van der Waals surface area contributed by atoms with E-state index in [0.29, 0.717) is 12.3 Å². The van der Waals surface area contributed by atoms with Gasteiger partial charge in [-0.25, -0.2) is 4.98 Å². The van der Waals surface area contributed by atoms with Crippen LogP contribution in [0.3, 0.4) is 0 Å². The molecule has 0 spiro atoms. The summed E-state index contributed by atoms with van der Waals surface area (Å²) in [6.45, 7) is 3.86. The van der Waals surface area contributed by atoms with Gasteiger partial charge >= 0.3 is 5.97 Å². The van der Waals surface area contributed by atoms with Crippen molar-refractivity contribution >= 4 is 17.7 Å². The molecule has 1 amide bonds. The van der Waals surface area contributed by atoms with Crippen LogP contribution in [0.4, 0.5) is 5.82 Å². The highest BCUT2D eigenvalue weighted by Crippen LogP contribution is 2.25. The number of likely N-dealkylation sites (N-methyl/N-ethyl adjacent to an activating group) is 1. The first-order valence-corrected chi connectivity index (χ1v) is 8.63. The molecule has 1 aliphatic heterocycles. The molecular formula is C18H27N3O3. The van der Waals surface area contributed by atoms with Crippen molar-refractivity contribution in [3.8, 4) is 0 Å². The Labute approximate surface area is 143 Å². The van der Waals surface area contributed by atoms with E-state index in [4.69, 9.17) is 4.74 Å². The van der Waals surface area contributed by atoms with Crippen molar-refractivity contribution in [1.82, 2.24) is 10.3 Å². The fourth-order valence-corrected chi connectivity index (χ4v) is 2.98. The van der Waals surface area contributed by atoms with Crippen molar-refractivity contribution in [3.05, 3.63) is 23.9 Å². The fourth-order valence-electron chi connectivity index (χ4n) is 2.98. The van der Waals surface area contributed by atoms with Gasteiger partial charge in [0.15, 0.2) is 6.61 Å². The van der Waals surface area contributed by atoms with Gasteiger partial charge in [-0.3, -0.25) is 9.59 Å². The first-order valence-electron chi connectivity index (χ1n) is 8.63. The summed E-state index contributed by atoms with van der Waals surface area (Å²) in [6.07, 6.45) is 4.49. The number of carbonyl (C=O) groups excluding carboxylic acids is 2. The lowest BCUT2D eigenvalue weighted by Crippen LogP contribution is -2.34. The lowest BCUT2D eigenvalue weighted by Gasteiger charge is -2.33. The first kappa shape index (κ1) is 18.2. The van der Waals surface area contributed by atoms with Gasteiger partial charge in [-0.1, -0.05) is 6.07 Å². The fraction of sp³-hybridized carbons (Fsp3) is 0.611. The second kappa shape index (κ2) is 9.25. The number of carbonyl (C=O) groups is 2. The maximum Gasteiger partial charge on any atom is 0.306 e. The second-order valence-corrected chi connectivity index (χ2v) is 6.29. The highest BCUT2D eigenvalue weighted by Gasteiger charge is 2.20. The molecule has 1 fully saturated rings. The van der Waals surface area contributed by atoms with Gasteiger partial charge < -0.3 is 15.0 Å². The van der Waals surface area contributed by atoms with Crippen molar-refractivity contribution in [3.63, 3.8) is 0 Å². The molecule has 6 heteroatoms. The van der Waals surface area contributed by atoms with Gasteiger partial charge in [-0.15, -0.1) is 0 Å². The van der Waals surface area contributed by atoms with Crippen molar-refractivity contribution in [2.24, 2.45) is 5.92 Å². The summed E-state index contributed by atoms with van der Waals surface area (Å²) >= 11 is 0. The lowest BCUT2D eigenvalue weighted by atomic mass is 9.91. The van der Waals surface area contributed by atoms with Crippen molar-refractivity contribution in [2.45, 2.75) is 39.0 Å². The number of pyridine rings is 1. The molecule has 1 N–H and O–H groups in total. The van der Waals surface area contributed by atoms with Gasteiger partial charge in [0.2, 0.25) is 0 Å². The van der Waals surface area contributed by atoms with Gasteiger partial charge in [0.1, 0.15) is 5.82 Å². The van der Waals surface area contributed by atoms with E-state index in [1.54, 1.807) is 0 Å². The molecule has 132 valence electrons. The molecule has 0 saturated carbocycles. The van der Waals surface area contributed by atoms with Crippen LogP contribution in [0.25, 0.3) is 0 Å². The number of rotatable bonds is 7. The highest BCUT2D eigenvalue weighted by molar-refractivity contribution is 5.80. The van der Waals surface area contributed by atoms with Crippen LogP contribution in [-0.2, 0) is 14.3 Å². The van der Waals surface area contributed by atoms with E-state index in [9.17, 15) is 9.59 Å². The Bertz CT molecular complexity index is 554. The van der Waals surface area contributed by atoms with Crippen molar-refractivity contribution < 1.29 is 14.3 Å². The lowest BCUT2D eigenvalue weighted by molar-refractivity contribution is -0.148. The molecule has 0 aromatic carbocycles. The van der Waals surface area contributed by atoms with Crippen LogP contribution in [0.2, 0.25) is 0 Å². The minimum atomic E-state index is -0.292. The van der Waals surface area contributed by atoms with Crippen LogP contribution in [0, 0.1) is 12.8 Å². The largest absolute Gasteiger partial charge is 0.456 e. The number of ether oxygens (including phenoxy) is 1. The topological polar surface area (TPSA) is 71.5 Å². The van der Waals surface area contributed by atoms with E-state index in [2.05, 4.69) is 21.3 Å². The minimum absolute atomic E-state index is 0.183. The average Bonchev–Trinajstić information content (AvgIpc) is 2.60. The summed E-state index contributed by atoms with van der Waals surface area (Å²) in [5, 5.41) is 2.42. The predicted octanol–water partition coefficient (Wildman–Crippen LogP) is 2.07. The van der Waals surface area contributed by atoms with E-state index in [1.807, 2.05) is 19.1 Å². The molecule has 0 unspecified atom stereocenters. The maximum atomic E-state index is 11.6. The molecule has 1 aliphatic rings. The summed E-state index contributed by atoms with van der Waals surface area (Å²) in [5.74, 6) is 1.14. The predicted molar refractivity (Wildman–Crippen MR) is 92.8 cm³/mol. The molecule has 1 aromatic rings. The second-order valence-electron chi connectivity index (χ2n) is 6.29. The number of nitrogens with zero attached hydrogens (tertiary/aromatic N) is 2. The Morgan fingerprint density at radius 1 is 1.33 bits per heavy atom. The standard InChI is InChI=1S/C18H27N3O3/c1-14-5-3-7-16(20-14)21-11-9-15(10-12-21)6-4-8-18(23)24-13-17(22)19-2/h3,5,7,15H,4,6,8-13H2,1-2H3,(H,19,22). The summed E-state index contributed by atoms with van der Waals surface area (Å²) in [7, 11) is 1.52. The molecule has 24 heavy (non-hydrogen) atoms. The Morgan fingerprint density at radius 2 is 2.08 bits per heavy atom. The number of aryl methyl sites for hydroxylation is 1. The van der Waals surface area contributed by atoms with Crippen molar-refractivity contribution in [2.75, 3.05) is 31.6 Å². The number of anilines is 1. The zero-order valence-electron chi connectivity index (χ0n) is 14.6. The van der Waals surface area contributed by atoms with E-state index in [-0.39, 0.29) is 18.5 Å². The Hall–Kier alpha value is -2.11. The van der Waals surface area contributed by atoms with Crippen LogP contribution >= 0.6 is 0 Å².